The number of rotatable bonds is 4. The Kier molecular flexibility index (Phi) is 7.30. The van der Waals surface area contributed by atoms with E-state index in [1.165, 1.54) is 6.42 Å². The third-order valence-corrected chi connectivity index (χ3v) is 5.79. The SMILES string of the molecule is O=C(NCCC(=O)N1CCN(C(=O)N2CCCCC2)CC1)c1ccc(Br)cc1. The van der Waals surface area contributed by atoms with Crippen LogP contribution >= 0.6 is 15.9 Å². The molecule has 3 rings (SSSR count). The van der Waals surface area contributed by atoms with Crippen LogP contribution in [0.25, 0.3) is 0 Å². The maximum atomic E-state index is 12.5. The van der Waals surface area contributed by atoms with Gasteiger partial charge in [-0.05, 0) is 43.5 Å². The number of carbonyl (C=O) groups is 3. The van der Waals surface area contributed by atoms with Gasteiger partial charge in [0.1, 0.15) is 0 Å². The molecular formula is C20H27BrN4O3. The van der Waals surface area contributed by atoms with E-state index in [0.29, 0.717) is 38.3 Å². The lowest BCUT2D eigenvalue weighted by molar-refractivity contribution is -0.132. The lowest BCUT2D eigenvalue weighted by Crippen LogP contribution is -2.54. The molecule has 8 heteroatoms. The number of nitrogens with one attached hydrogen (secondary N) is 1. The molecule has 2 aliphatic rings. The van der Waals surface area contributed by atoms with Crippen molar-refractivity contribution in [3.8, 4) is 0 Å². The second kappa shape index (κ2) is 9.91. The fraction of sp³-hybridized carbons (Fsp3) is 0.550. The summed E-state index contributed by atoms with van der Waals surface area (Å²) in [6, 6.07) is 7.20. The molecule has 0 bridgehead atoms. The van der Waals surface area contributed by atoms with Gasteiger partial charge in [0.2, 0.25) is 5.91 Å². The van der Waals surface area contributed by atoms with Crippen LogP contribution in [-0.2, 0) is 4.79 Å². The Morgan fingerprint density at radius 2 is 1.39 bits per heavy atom. The highest BCUT2D eigenvalue weighted by atomic mass is 79.9. The molecule has 1 aromatic rings. The predicted octanol–water partition coefficient (Wildman–Crippen LogP) is 2.32. The monoisotopic (exact) mass is 450 g/mol. The van der Waals surface area contributed by atoms with Crippen LogP contribution in [0.3, 0.4) is 0 Å². The van der Waals surface area contributed by atoms with Crippen molar-refractivity contribution in [2.75, 3.05) is 45.8 Å². The third-order valence-electron chi connectivity index (χ3n) is 5.26. The van der Waals surface area contributed by atoms with Gasteiger partial charge < -0.3 is 20.0 Å². The van der Waals surface area contributed by atoms with E-state index in [1.54, 1.807) is 17.0 Å². The summed E-state index contributed by atoms with van der Waals surface area (Å²) in [5.74, 6) is -0.168. The molecule has 28 heavy (non-hydrogen) atoms. The number of halogens is 1. The van der Waals surface area contributed by atoms with Crippen LogP contribution in [0.5, 0.6) is 0 Å². The molecule has 7 nitrogen and oxygen atoms in total. The number of amides is 4. The molecule has 0 aromatic heterocycles. The van der Waals surface area contributed by atoms with Gasteiger partial charge in [0, 0.05) is 62.3 Å². The molecule has 2 saturated heterocycles. The minimum atomic E-state index is -0.183. The fourth-order valence-corrected chi connectivity index (χ4v) is 3.84. The van der Waals surface area contributed by atoms with Crippen molar-refractivity contribution in [1.29, 1.82) is 0 Å². The quantitative estimate of drug-likeness (QED) is 0.764. The molecule has 2 heterocycles. The Morgan fingerprint density at radius 1 is 0.821 bits per heavy atom. The number of piperidine rings is 1. The average Bonchev–Trinajstić information content (AvgIpc) is 2.74. The van der Waals surface area contributed by atoms with Gasteiger partial charge in [-0.25, -0.2) is 4.79 Å². The number of hydrogen-bond donors (Lipinski definition) is 1. The third kappa shape index (κ3) is 5.47. The summed E-state index contributed by atoms with van der Waals surface area (Å²) in [5, 5.41) is 2.79. The molecule has 0 atom stereocenters. The molecule has 4 amide bonds. The zero-order valence-corrected chi connectivity index (χ0v) is 17.6. The van der Waals surface area contributed by atoms with Gasteiger partial charge in [-0.1, -0.05) is 15.9 Å². The number of hydrogen-bond acceptors (Lipinski definition) is 3. The first-order chi connectivity index (χ1) is 13.5. The Hall–Kier alpha value is -2.09. The van der Waals surface area contributed by atoms with E-state index in [1.807, 2.05) is 21.9 Å². The molecule has 1 aromatic carbocycles. The number of likely N-dealkylation sites (tertiary alicyclic amines) is 1. The van der Waals surface area contributed by atoms with Crippen LogP contribution in [-0.4, -0.2) is 78.4 Å². The van der Waals surface area contributed by atoms with E-state index in [-0.39, 0.29) is 24.3 Å². The van der Waals surface area contributed by atoms with Gasteiger partial charge in [0.05, 0.1) is 0 Å². The smallest absolute Gasteiger partial charge is 0.320 e. The largest absolute Gasteiger partial charge is 0.352 e. The molecule has 0 spiro atoms. The number of carbonyl (C=O) groups excluding carboxylic acids is 3. The number of nitrogens with zero attached hydrogens (tertiary/aromatic N) is 3. The summed E-state index contributed by atoms with van der Waals surface area (Å²) in [6.07, 6.45) is 3.62. The zero-order chi connectivity index (χ0) is 19.9. The Morgan fingerprint density at radius 3 is 2.04 bits per heavy atom. The van der Waals surface area contributed by atoms with Crippen LogP contribution in [0.1, 0.15) is 36.0 Å². The first-order valence-corrected chi connectivity index (χ1v) is 10.7. The highest BCUT2D eigenvalue weighted by Gasteiger charge is 2.27. The summed E-state index contributed by atoms with van der Waals surface area (Å²) in [7, 11) is 0. The van der Waals surface area contributed by atoms with Gasteiger partial charge >= 0.3 is 6.03 Å². The molecule has 152 valence electrons. The van der Waals surface area contributed by atoms with Gasteiger partial charge in [-0.3, -0.25) is 9.59 Å². The van der Waals surface area contributed by atoms with E-state index in [2.05, 4.69) is 21.2 Å². The molecule has 1 N–H and O–H groups in total. The van der Waals surface area contributed by atoms with Gasteiger partial charge in [0.25, 0.3) is 5.91 Å². The first-order valence-electron chi connectivity index (χ1n) is 9.90. The maximum absolute atomic E-state index is 12.5. The highest BCUT2D eigenvalue weighted by molar-refractivity contribution is 9.10. The second-order valence-electron chi connectivity index (χ2n) is 7.21. The van der Waals surface area contributed by atoms with Gasteiger partial charge in [-0.2, -0.15) is 0 Å². The maximum Gasteiger partial charge on any atom is 0.320 e. The van der Waals surface area contributed by atoms with Gasteiger partial charge in [0.15, 0.2) is 0 Å². The molecule has 0 saturated carbocycles. The van der Waals surface area contributed by atoms with Gasteiger partial charge in [-0.15, -0.1) is 0 Å². The van der Waals surface area contributed by atoms with Crippen LogP contribution in [0.15, 0.2) is 28.7 Å². The molecule has 0 radical (unpaired) electrons. The van der Waals surface area contributed by atoms with E-state index < -0.39 is 0 Å². The summed E-state index contributed by atoms with van der Waals surface area (Å²) in [5.41, 5.74) is 0.570. The van der Waals surface area contributed by atoms with Crippen LogP contribution in [0, 0.1) is 0 Å². The van der Waals surface area contributed by atoms with Crippen molar-refractivity contribution in [1.82, 2.24) is 20.0 Å². The highest BCUT2D eigenvalue weighted by Crippen LogP contribution is 2.13. The van der Waals surface area contributed by atoms with Crippen LogP contribution in [0.2, 0.25) is 0 Å². The first kappa shape index (κ1) is 20.6. The molecule has 2 aliphatic heterocycles. The van der Waals surface area contributed by atoms with Crippen LogP contribution < -0.4 is 5.32 Å². The molecule has 2 fully saturated rings. The van der Waals surface area contributed by atoms with Crippen molar-refractivity contribution in [2.24, 2.45) is 0 Å². The summed E-state index contributed by atoms with van der Waals surface area (Å²) in [4.78, 5) is 42.6. The minimum absolute atomic E-state index is 0.0150. The Bertz CT molecular complexity index is 696. The standard InChI is InChI=1S/C20H27BrN4O3/c21-17-6-4-16(5-7-17)19(27)22-9-8-18(26)23-12-14-25(15-13-23)20(28)24-10-2-1-3-11-24/h4-7H,1-3,8-15H2,(H,22,27). The summed E-state index contributed by atoms with van der Waals surface area (Å²) in [6.45, 7) is 4.25. The number of piperazine rings is 1. The lowest BCUT2D eigenvalue weighted by Gasteiger charge is -2.38. The Labute approximate surface area is 174 Å². The minimum Gasteiger partial charge on any atom is -0.352 e. The van der Waals surface area contributed by atoms with E-state index in [0.717, 1.165) is 30.4 Å². The Balaban J connectivity index is 1.37. The van der Waals surface area contributed by atoms with Crippen molar-refractivity contribution < 1.29 is 14.4 Å². The average molecular weight is 451 g/mol. The van der Waals surface area contributed by atoms with Crippen molar-refractivity contribution >= 4 is 33.8 Å². The number of urea groups is 1. The molecule has 0 aliphatic carbocycles. The van der Waals surface area contributed by atoms with Crippen molar-refractivity contribution in [2.45, 2.75) is 25.7 Å². The molecular weight excluding hydrogens is 424 g/mol. The number of benzene rings is 1. The zero-order valence-electron chi connectivity index (χ0n) is 16.0. The van der Waals surface area contributed by atoms with E-state index in [9.17, 15) is 14.4 Å². The van der Waals surface area contributed by atoms with Crippen LogP contribution in [0.4, 0.5) is 4.79 Å². The lowest BCUT2D eigenvalue weighted by atomic mass is 10.1. The van der Waals surface area contributed by atoms with Crippen molar-refractivity contribution in [3.63, 3.8) is 0 Å². The predicted molar refractivity (Wildman–Crippen MR) is 110 cm³/mol. The normalized spacial score (nSPS) is 17.4. The topological polar surface area (TPSA) is 73.0 Å². The van der Waals surface area contributed by atoms with E-state index >= 15 is 0 Å². The van der Waals surface area contributed by atoms with Crippen molar-refractivity contribution in [3.05, 3.63) is 34.3 Å². The fourth-order valence-electron chi connectivity index (χ4n) is 3.58. The summed E-state index contributed by atoms with van der Waals surface area (Å²) >= 11 is 3.34. The second-order valence-corrected chi connectivity index (χ2v) is 8.13. The summed E-state index contributed by atoms with van der Waals surface area (Å²) < 4.78 is 0.914. The van der Waals surface area contributed by atoms with E-state index in [4.69, 9.17) is 0 Å². The molecule has 0 unspecified atom stereocenters.